The molecule has 0 N–H and O–H groups in total. The second-order valence-electron chi connectivity index (χ2n) is 2.92. The maximum absolute atomic E-state index is 8.06. The Balaban J connectivity index is 2.57. The summed E-state index contributed by atoms with van der Waals surface area (Å²) in [5.41, 5.74) is 9.99. The summed E-state index contributed by atoms with van der Waals surface area (Å²) in [6.07, 6.45) is 9.95. The van der Waals surface area contributed by atoms with Crippen molar-refractivity contribution in [3.05, 3.63) is 51.9 Å². The van der Waals surface area contributed by atoms with Crippen molar-refractivity contribution in [1.82, 2.24) is 0 Å². The van der Waals surface area contributed by atoms with E-state index >= 15 is 0 Å². The van der Waals surface area contributed by atoms with Crippen molar-refractivity contribution in [2.75, 3.05) is 6.54 Å². The Labute approximate surface area is 89.1 Å². The van der Waals surface area contributed by atoms with Gasteiger partial charge in [-0.2, -0.15) is 0 Å². The highest BCUT2D eigenvalue weighted by Crippen LogP contribution is 2.06. The van der Waals surface area contributed by atoms with E-state index in [1.54, 1.807) is 0 Å². The second-order valence-corrected chi connectivity index (χ2v) is 2.92. The Morgan fingerprint density at radius 1 is 1.53 bits per heavy atom. The third kappa shape index (κ3) is 4.04. The van der Waals surface area contributed by atoms with Crippen LogP contribution in [0.1, 0.15) is 17.5 Å². The van der Waals surface area contributed by atoms with Crippen molar-refractivity contribution in [2.24, 2.45) is 5.11 Å². The molecule has 0 fully saturated rings. The summed E-state index contributed by atoms with van der Waals surface area (Å²) in [5.74, 6) is 2.58. The molecule has 3 heteroatoms. The molecule has 3 nitrogen and oxygen atoms in total. The van der Waals surface area contributed by atoms with Crippen molar-refractivity contribution < 1.29 is 0 Å². The van der Waals surface area contributed by atoms with Crippen LogP contribution in [-0.4, -0.2) is 6.54 Å². The predicted octanol–water partition coefficient (Wildman–Crippen LogP) is 3.38. The van der Waals surface area contributed by atoms with Crippen LogP contribution in [0.5, 0.6) is 0 Å². The number of nitrogens with zero attached hydrogens (tertiary/aromatic N) is 3. The summed E-state index contributed by atoms with van der Waals surface area (Å²) in [6.45, 7) is 0.488. The summed E-state index contributed by atoms with van der Waals surface area (Å²) >= 11 is 0. The number of terminal acetylenes is 1. The zero-order valence-corrected chi connectivity index (χ0v) is 8.30. The molecule has 0 unspecified atom stereocenters. The van der Waals surface area contributed by atoms with E-state index in [9.17, 15) is 0 Å². The van der Waals surface area contributed by atoms with E-state index < -0.39 is 0 Å². The molecule has 1 aromatic carbocycles. The monoisotopic (exact) mass is 197 g/mol. The first kappa shape index (κ1) is 10.9. The first-order valence-corrected chi connectivity index (χ1v) is 4.61. The standard InChI is InChI=1S/C12H11N3/c1-2-11-7-5-8-12(10-11)6-3-4-9-14-15-13/h1,3,5-8,10H,4,9H2. The van der Waals surface area contributed by atoms with Gasteiger partial charge in [-0.15, -0.1) is 6.42 Å². The first-order chi connectivity index (χ1) is 7.36. The number of azide groups is 1. The first-order valence-electron chi connectivity index (χ1n) is 4.61. The molecule has 74 valence electrons. The summed E-state index contributed by atoms with van der Waals surface area (Å²) in [6, 6.07) is 7.72. The lowest BCUT2D eigenvalue weighted by Crippen LogP contribution is -1.77. The van der Waals surface area contributed by atoms with Crippen LogP contribution in [0.2, 0.25) is 0 Å². The molecule has 0 aliphatic rings. The van der Waals surface area contributed by atoms with Gasteiger partial charge in [-0.05, 0) is 29.6 Å². The quantitative estimate of drug-likeness (QED) is 0.233. The van der Waals surface area contributed by atoms with E-state index in [4.69, 9.17) is 12.0 Å². The molecule has 0 saturated carbocycles. The van der Waals surface area contributed by atoms with Crippen LogP contribution in [0.3, 0.4) is 0 Å². The van der Waals surface area contributed by atoms with Crippen LogP contribution in [0.25, 0.3) is 16.5 Å². The predicted molar refractivity (Wildman–Crippen MR) is 62.0 cm³/mol. The molecule has 0 atom stereocenters. The van der Waals surface area contributed by atoms with Gasteiger partial charge in [0.05, 0.1) is 0 Å². The normalized spacial score (nSPS) is 9.53. The highest BCUT2D eigenvalue weighted by atomic mass is 15.1. The average Bonchev–Trinajstić information content (AvgIpc) is 2.29. The van der Waals surface area contributed by atoms with Gasteiger partial charge in [0.1, 0.15) is 0 Å². The fourth-order valence-corrected chi connectivity index (χ4v) is 1.13. The lowest BCUT2D eigenvalue weighted by molar-refractivity contribution is 0.996. The highest BCUT2D eigenvalue weighted by Gasteiger charge is 1.88. The number of hydrogen-bond acceptors (Lipinski definition) is 1. The Morgan fingerprint density at radius 3 is 3.13 bits per heavy atom. The third-order valence-corrected chi connectivity index (χ3v) is 1.82. The summed E-state index contributed by atoms with van der Waals surface area (Å²) in [5, 5.41) is 3.43. The minimum Gasteiger partial charge on any atom is -0.115 e. The van der Waals surface area contributed by atoms with Crippen LogP contribution in [-0.2, 0) is 0 Å². The van der Waals surface area contributed by atoms with Crippen molar-refractivity contribution in [3.63, 3.8) is 0 Å². The summed E-state index contributed by atoms with van der Waals surface area (Å²) in [7, 11) is 0. The van der Waals surface area contributed by atoms with Gasteiger partial charge in [0.2, 0.25) is 0 Å². The van der Waals surface area contributed by atoms with Crippen molar-refractivity contribution in [2.45, 2.75) is 6.42 Å². The molecule has 0 spiro atoms. The van der Waals surface area contributed by atoms with Gasteiger partial charge < -0.3 is 0 Å². The van der Waals surface area contributed by atoms with Gasteiger partial charge in [0, 0.05) is 17.0 Å². The minimum atomic E-state index is 0.488. The van der Waals surface area contributed by atoms with Crippen molar-refractivity contribution in [3.8, 4) is 12.3 Å². The Morgan fingerprint density at radius 2 is 2.40 bits per heavy atom. The molecule has 0 radical (unpaired) electrons. The molecule has 0 bridgehead atoms. The van der Waals surface area contributed by atoms with Gasteiger partial charge in [0.15, 0.2) is 0 Å². The smallest absolute Gasteiger partial charge is 0.0292 e. The number of benzene rings is 1. The molecule has 1 aromatic rings. The Hall–Kier alpha value is -2.17. The van der Waals surface area contributed by atoms with Gasteiger partial charge in [-0.1, -0.05) is 35.3 Å². The van der Waals surface area contributed by atoms with Crippen LogP contribution >= 0.6 is 0 Å². The maximum atomic E-state index is 8.06. The van der Waals surface area contributed by atoms with Crippen LogP contribution < -0.4 is 0 Å². The molecule has 0 saturated heterocycles. The second kappa shape index (κ2) is 6.31. The lowest BCUT2D eigenvalue weighted by atomic mass is 10.1. The lowest BCUT2D eigenvalue weighted by Gasteiger charge is -1.94. The fourth-order valence-electron chi connectivity index (χ4n) is 1.13. The van der Waals surface area contributed by atoms with Crippen molar-refractivity contribution >= 4 is 6.08 Å². The highest BCUT2D eigenvalue weighted by molar-refractivity contribution is 5.52. The van der Waals surface area contributed by atoms with E-state index in [-0.39, 0.29) is 0 Å². The van der Waals surface area contributed by atoms with Gasteiger partial charge >= 0.3 is 0 Å². The molecule has 0 aliphatic heterocycles. The van der Waals surface area contributed by atoms with E-state index in [1.807, 2.05) is 36.4 Å². The molecular weight excluding hydrogens is 186 g/mol. The summed E-state index contributed by atoms with van der Waals surface area (Å²) in [4.78, 5) is 2.67. The molecule has 0 aliphatic carbocycles. The largest absolute Gasteiger partial charge is 0.115 e. The Kier molecular flexibility index (Phi) is 4.59. The minimum absolute atomic E-state index is 0.488. The van der Waals surface area contributed by atoms with Gasteiger partial charge in [-0.3, -0.25) is 0 Å². The molecule has 0 heterocycles. The van der Waals surface area contributed by atoms with Crippen molar-refractivity contribution in [1.29, 1.82) is 0 Å². The van der Waals surface area contributed by atoms with E-state index in [1.165, 1.54) is 0 Å². The molecule has 1 rings (SSSR count). The third-order valence-electron chi connectivity index (χ3n) is 1.82. The van der Waals surface area contributed by atoms with Crippen LogP contribution in [0.4, 0.5) is 0 Å². The summed E-state index contributed by atoms with van der Waals surface area (Å²) < 4.78 is 0. The van der Waals surface area contributed by atoms with Crippen LogP contribution in [0, 0.1) is 12.3 Å². The van der Waals surface area contributed by atoms with E-state index in [0.717, 1.165) is 17.5 Å². The number of rotatable bonds is 4. The Bertz CT molecular complexity index is 434. The molecule has 0 amide bonds. The van der Waals surface area contributed by atoms with E-state index in [0.29, 0.717) is 6.54 Å². The number of hydrogen-bond donors (Lipinski definition) is 0. The maximum Gasteiger partial charge on any atom is 0.0292 e. The molecular formula is C12H11N3. The van der Waals surface area contributed by atoms with Gasteiger partial charge in [0.25, 0.3) is 0 Å². The van der Waals surface area contributed by atoms with Gasteiger partial charge in [-0.25, -0.2) is 0 Å². The fraction of sp³-hybridized carbons (Fsp3) is 0.167. The molecule has 0 aromatic heterocycles. The molecule has 15 heavy (non-hydrogen) atoms. The van der Waals surface area contributed by atoms with E-state index in [2.05, 4.69) is 15.9 Å². The average molecular weight is 197 g/mol. The SMILES string of the molecule is C#Cc1cccc(C=CCCN=[N+]=[N-])c1. The zero-order chi connectivity index (χ0) is 10.9. The topological polar surface area (TPSA) is 48.8 Å². The van der Waals surface area contributed by atoms with Crippen LogP contribution in [0.15, 0.2) is 35.5 Å². The zero-order valence-electron chi connectivity index (χ0n) is 8.30.